The third-order valence-electron chi connectivity index (χ3n) is 3.75. The first kappa shape index (κ1) is 12.2. The first-order chi connectivity index (χ1) is 8.19. The Kier molecular flexibility index (Phi) is 3.57. The second-order valence-corrected chi connectivity index (χ2v) is 4.78. The Morgan fingerprint density at radius 2 is 2.06 bits per heavy atom. The maximum Gasteiger partial charge on any atom is 0.196 e. The van der Waals surface area contributed by atoms with Crippen molar-refractivity contribution >= 4 is 5.78 Å². The molecule has 0 aromatic carbocycles. The number of Topliss-reactive ketones (excluding diaryl/α,β-unsaturated/α-hetero) is 1. The van der Waals surface area contributed by atoms with Gasteiger partial charge in [-0.15, -0.1) is 0 Å². The molecule has 0 atom stereocenters. The Morgan fingerprint density at radius 3 is 2.65 bits per heavy atom. The lowest BCUT2D eigenvalue weighted by Crippen LogP contribution is -2.42. The third-order valence-corrected chi connectivity index (χ3v) is 3.75. The normalized spacial score (nSPS) is 18.9. The Morgan fingerprint density at radius 1 is 1.35 bits per heavy atom. The van der Waals surface area contributed by atoms with E-state index >= 15 is 0 Å². The third kappa shape index (κ3) is 2.25. The van der Waals surface area contributed by atoms with Gasteiger partial charge in [0.25, 0.3) is 0 Å². The summed E-state index contributed by atoms with van der Waals surface area (Å²) >= 11 is 0. The summed E-state index contributed by atoms with van der Waals surface area (Å²) in [6.45, 7) is 1.95. The highest BCUT2D eigenvalue weighted by Crippen LogP contribution is 2.34. The highest BCUT2D eigenvalue weighted by atomic mass is 16.5. The van der Waals surface area contributed by atoms with Gasteiger partial charge in [0.1, 0.15) is 5.60 Å². The molecule has 17 heavy (non-hydrogen) atoms. The molecule has 0 aliphatic heterocycles. The largest absolute Gasteiger partial charge is 0.370 e. The van der Waals surface area contributed by atoms with Crippen molar-refractivity contribution in [1.82, 2.24) is 4.98 Å². The minimum Gasteiger partial charge on any atom is -0.370 e. The van der Waals surface area contributed by atoms with Crippen molar-refractivity contribution in [2.24, 2.45) is 0 Å². The first-order valence-corrected chi connectivity index (χ1v) is 6.20. The molecule has 1 aromatic heterocycles. The molecule has 0 radical (unpaired) electrons. The van der Waals surface area contributed by atoms with Gasteiger partial charge in [-0.25, -0.2) is 0 Å². The molecule has 2 rings (SSSR count). The monoisotopic (exact) mass is 233 g/mol. The second kappa shape index (κ2) is 4.96. The van der Waals surface area contributed by atoms with Crippen LogP contribution in [0.25, 0.3) is 0 Å². The summed E-state index contributed by atoms with van der Waals surface area (Å²) in [4.78, 5) is 16.7. The SMILES string of the molecule is COC1(C(=O)c2cnccc2C)CCCCC1. The van der Waals surface area contributed by atoms with E-state index < -0.39 is 5.60 Å². The maximum atomic E-state index is 12.6. The molecule has 3 heteroatoms. The molecular formula is C14H19NO2. The summed E-state index contributed by atoms with van der Waals surface area (Å²) in [5.41, 5.74) is 1.08. The van der Waals surface area contributed by atoms with Gasteiger partial charge >= 0.3 is 0 Å². The number of hydrogen-bond acceptors (Lipinski definition) is 3. The van der Waals surface area contributed by atoms with Gasteiger partial charge in [-0.05, 0) is 31.4 Å². The van der Waals surface area contributed by atoms with Gasteiger partial charge in [-0.3, -0.25) is 9.78 Å². The smallest absolute Gasteiger partial charge is 0.196 e. The number of nitrogens with zero attached hydrogens (tertiary/aromatic N) is 1. The van der Waals surface area contributed by atoms with Gasteiger partial charge in [-0.2, -0.15) is 0 Å². The summed E-state index contributed by atoms with van der Waals surface area (Å²) in [6, 6.07) is 1.87. The molecule has 1 aliphatic carbocycles. The molecule has 0 amide bonds. The molecule has 1 heterocycles. The quantitative estimate of drug-likeness (QED) is 0.753. The number of carbonyl (C=O) groups is 1. The molecular weight excluding hydrogens is 214 g/mol. The van der Waals surface area contributed by atoms with Crippen LogP contribution in [-0.4, -0.2) is 23.5 Å². The summed E-state index contributed by atoms with van der Waals surface area (Å²) in [5.74, 6) is 0.102. The van der Waals surface area contributed by atoms with E-state index in [1.54, 1.807) is 19.5 Å². The van der Waals surface area contributed by atoms with Crippen molar-refractivity contribution < 1.29 is 9.53 Å². The van der Waals surface area contributed by atoms with E-state index in [-0.39, 0.29) is 5.78 Å². The molecule has 1 aromatic rings. The van der Waals surface area contributed by atoms with Crippen LogP contribution in [0.1, 0.15) is 48.0 Å². The molecule has 0 spiro atoms. The van der Waals surface area contributed by atoms with Gasteiger partial charge in [-0.1, -0.05) is 19.3 Å². The zero-order valence-corrected chi connectivity index (χ0v) is 10.5. The summed E-state index contributed by atoms with van der Waals surface area (Å²) in [6.07, 6.45) is 8.37. The molecule has 3 nitrogen and oxygen atoms in total. The maximum absolute atomic E-state index is 12.6. The molecule has 0 saturated heterocycles. The number of aromatic nitrogens is 1. The average Bonchev–Trinajstić information content (AvgIpc) is 2.39. The molecule has 0 N–H and O–H groups in total. The fraction of sp³-hybridized carbons (Fsp3) is 0.571. The Bertz CT molecular complexity index is 408. The van der Waals surface area contributed by atoms with Gasteiger partial charge in [0, 0.05) is 25.1 Å². The molecule has 92 valence electrons. The Hall–Kier alpha value is -1.22. The van der Waals surface area contributed by atoms with Crippen LogP contribution in [0.15, 0.2) is 18.5 Å². The zero-order valence-electron chi connectivity index (χ0n) is 10.5. The Balaban J connectivity index is 2.32. The van der Waals surface area contributed by atoms with Crippen LogP contribution in [0.5, 0.6) is 0 Å². The minimum atomic E-state index is -0.605. The average molecular weight is 233 g/mol. The van der Waals surface area contributed by atoms with Crippen LogP contribution < -0.4 is 0 Å². The number of carbonyl (C=O) groups excluding carboxylic acids is 1. The number of methoxy groups -OCH3 is 1. The zero-order chi connectivity index (χ0) is 12.3. The van der Waals surface area contributed by atoms with E-state index in [2.05, 4.69) is 4.98 Å². The first-order valence-electron chi connectivity index (χ1n) is 6.20. The van der Waals surface area contributed by atoms with Crippen molar-refractivity contribution in [3.63, 3.8) is 0 Å². The van der Waals surface area contributed by atoms with Crippen LogP contribution in [0.4, 0.5) is 0 Å². The van der Waals surface area contributed by atoms with Crippen LogP contribution in [0, 0.1) is 6.92 Å². The van der Waals surface area contributed by atoms with E-state index in [9.17, 15) is 4.79 Å². The van der Waals surface area contributed by atoms with Crippen molar-refractivity contribution in [1.29, 1.82) is 0 Å². The fourth-order valence-corrected chi connectivity index (χ4v) is 2.59. The van der Waals surface area contributed by atoms with Gasteiger partial charge < -0.3 is 4.74 Å². The molecule has 1 saturated carbocycles. The highest BCUT2D eigenvalue weighted by molar-refractivity contribution is 6.03. The number of rotatable bonds is 3. The second-order valence-electron chi connectivity index (χ2n) is 4.78. The van der Waals surface area contributed by atoms with Gasteiger partial charge in [0.05, 0.1) is 0 Å². The van der Waals surface area contributed by atoms with Crippen molar-refractivity contribution in [3.05, 3.63) is 29.6 Å². The van der Waals surface area contributed by atoms with E-state index in [1.807, 2.05) is 13.0 Å². The highest BCUT2D eigenvalue weighted by Gasteiger charge is 2.40. The van der Waals surface area contributed by atoms with Crippen molar-refractivity contribution in [2.45, 2.75) is 44.6 Å². The van der Waals surface area contributed by atoms with E-state index in [1.165, 1.54) is 6.42 Å². The summed E-state index contributed by atoms with van der Waals surface area (Å²) in [5, 5.41) is 0. The van der Waals surface area contributed by atoms with Crippen molar-refractivity contribution in [3.8, 4) is 0 Å². The number of aryl methyl sites for hydroxylation is 1. The number of ether oxygens (including phenoxy) is 1. The topological polar surface area (TPSA) is 39.2 Å². The number of ketones is 1. The lowest BCUT2D eigenvalue weighted by atomic mass is 9.79. The number of pyridine rings is 1. The van der Waals surface area contributed by atoms with Crippen LogP contribution in [0.2, 0.25) is 0 Å². The minimum absolute atomic E-state index is 0.102. The standard InChI is InChI=1S/C14H19NO2/c1-11-6-9-15-10-12(11)13(16)14(17-2)7-4-3-5-8-14/h6,9-10H,3-5,7-8H2,1-2H3. The van der Waals surface area contributed by atoms with Crippen molar-refractivity contribution in [2.75, 3.05) is 7.11 Å². The van der Waals surface area contributed by atoms with E-state index in [0.29, 0.717) is 5.56 Å². The lowest BCUT2D eigenvalue weighted by Gasteiger charge is -2.34. The number of hydrogen-bond donors (Lipinski definition) is 0. The molecule has 1 aliphatic rings. The summed E-state index contributed by atoms with van der Waals surface area (Å²) < 4.78 is 5.57. The molecule has 0 bridgehead atoms. The molecule has 1 fully saturated rings. The van der Waals surface area contributed by atoms with E-state index in [0.717, 1.165) is 31.2 Å². The lowest BCUT2D eigenvalue weighted by molar-refractivity contribution is -0.0194. The predicted octanol–water partition coefficient (Wildman–Crippen LogP) is 2.92. The fourth-order valence-electron chi connectivity index (χ4n) is 2.59. The van der Waals surface area contributed by atoms with E-state index in [4.69, 9.17) is 4.74 Å². The van der Waals surface area contributed by atoms with Gasteiger partial charge in [0.15, 0.2) is 5.78 Å². The van der Waals surface area contributed by atoms with Crippen LogP contribution in [0.3, 0.4) is 0 Å². The Labute approximate surface area is 102 Å². The summed E-state index contributed by atoms with van der Waals surface area (Å²) in [7, 11) is 1.65. The molecule has 0 unspecified atom stereocenters. The predicted molar refractivity (Wildman–Crippen MR) is 66.1 cm³/mol. The van der Waals surface area contributed by atoms with Crippen LogP contribution >= 0.6 is 0 Å². The van der Waals surface area contributed by atoms with Gasteiger partial charge in [0.2, 0.25) is 0 Å². The van der Waals surface area contributed by atoms with Crippen LogP contribution in [-0.2, 0) is 4.74 Å².